The van der Waals surface area contributed by atoms with Crippen molar-refractivity contribution in [2.24, 2.45) is 0 Å². The second-order valence-corrected chi connectivity index (χ2v) is 6.08. The zero-order valence-corrected chi connectivity index (χ0v) is 12.4. The van der Waals surface area contributed by atoms with Crippen molar-refractivity contribution >= 4 is 28.9 Å². The first-order chi connectivity index (χ1) is 8.29. The number of anilines is 1. The molecule has 0 heterocycles. The van der Waals surface area contributed by atoms with E-state index in [1.165, 1.54) is 0 Å². The van der Waals surface area contributed by atoms with E-state index in [1.54, 1.807) is 18.2 Å². The van der Waals surface area contributed by atoms with Crippen LogP contribution in [0.25, 0.3) is 0 Å². The van der Waals surface area contributed by atoms with Gasteiger partial charge in [0.1, 0.15) is 0 Å². The molecular weight excluding hydrogens is 271 g/mol. The van der Waals surface area contributed by atoms with E-state index in [1.807, 2.05) is 0 Å². The molecule has 0 radical (unpaired) electrons. The van der Waals surface area contributed by atoms with Gasteiger partial charge in [0, 0.05) is 18.6 Å². The number of aliphatic hydroxyl groups is 1. The summed E-state index contributed by atoms with van der Waals surface area (Å²) in [5.74, 6) is 0. The summed E-state index contributed by atoms with van der Waals surface area (Å²) < 4.78 is 0. The zero-order chi connectivity index (χ0) is 13.8. The number of hydrogen-bond donors (Lipinski definition) is 3. The second-order valence-electron chi connectivity index (χ2n) is 5.26. The van der Waals surface area contributed by atoms with Crippen LogP contribution in [-0.2, 0) is 0 Å². The van der Waals surface area contributed by atoms with E-state index < -0.39 is 6.10 Å². The first kappa shape index (κ1) is 15.6. The van der Waals surface area contributed by atoms with Crippen LogP contribution < -0.4 is 10.6 Å². The minimum Gasteiger partial charge on any atom is -0.390 e. The first-order valence-electron chi connectivity index (χ1n) is 5.90. The third-order valence-corrected chi connectivity index (χ3v) is 2.98. The zero-order valence-electron chi connectivity index (χ0n) is 10.9. The van der Waals surface area contributed by atoms with E-state index in [4.69, 9.17) is 23.2 Å². The summed E-state index contributed by atoms with van der Waals surface area (Å²) >= 11 is 12.0. The summed E-state index contributed by atoms with van der Waals surface area (Å²) in [6, 6.07) is 5.30. The van der Waals surface area contributed by atoms with Gasteiger partial charge in [0.05, 0.1) is 21.8 Å². The lowest BCUT2D eigenvalue weighted by Gasteiger charge is -2.23. The van der Waals surface area contributed by atoms with Crippen molar-refractivity contribution in [2.45, 2.75) is 32.4 Å². The number of para-hydroxylation sites is 1. The molecule has 0 saturated carbocycles. The van der Waals surface area contributed by atoms with Crippen molar-refractivity contribution in [1.29, 1.82) is 0 Å². The van der Waals surface area contributed by atoms with Crippen molar-refractivity contribution in [2.75, 3.05) is 18.4 Å². The Labute approximate surface area is 118 Å². The first-order valence-corrected chi connectivity index (χ1v) is 6.66. The maximum absolute atomic E-state index is 9.84. The predicted molar refractivity (Wildman–Crippen MR) is 78.7 cm³/mol. The summed E-state index contributed by atoms with van der Waals surface area (Å²) in [5.41, 5.74) is 0.652. The highest BCUT2D eigenvalue weighted by molar-refractivity contribution is 6.39. The minimum absolute atomic E-state index is 0.0109. The Bertz CT molecular complexity index is 371. The van der Waals surface area contributed by atoms with Crippen LogP contribution in [0.2, 0.25) is 10.0 Å². The average Bonchev–Trinajstić information content (AvgIpc) is 2.25. The van der Waals surface area contributed by atoms with E-state index in [2.05, 4.69) is 31.4 Å². The molecule has 0 bridgehead atoms. The molecule has 18 heavy (non-hydrogen) atoms. The van der Waals surface area contributed by atoms with Crippen LogP contribution in [-0.4, -0.2) is 29.8 Å². The molecule has 1 rings (SSSR count). The summed E-state index contributed by atoms with van der Waals surface area (Å²) in [6.45, 7) is 7.07. The van der Waals surface area contributed by atoms with E-state index in [0.717, 1.165) is 0 Å². The molecule has 1 aromatic carbocycles. The van der Waals surface area contributed by atoms with E-state index in [9.17, 15) is 5.11 Å². The highest BCUT2D eigenvalue weighted by Crippen LogP contribution is 2.29. The lowest BCUT2D eigenvalue weighted by molar-refractivity contribution is 0.172. The van der Waals surface area contributed by atoms with Gasteiger partial charge in [-0.05, 0) is 32.9 Å². The maximum Gasteiger partial charge on any atom is 0.0836 e. The molecule has 0 aliphatic carbocycles. The van der Waals surface area contributed by atoms with E-state index >= 15 is 0 Å². The molecule has 102 valence electrons. The largest absolute Gasteiger partial charge is 0.390 e. The van der Waals surface area contributed by atoms with Crippen LogP contribution in [0.4, 0.5) is 5.69 Å². The predicted octanol–water partition coefficient (Wildman–Crippen LogP) is 3.15. The molecular formula is C13H20Cl2N2O. The van der Waals surface area contributed by atoms with Gasteiger partial charge < -0.3 is 15.7 Å². The standard InChI is InChI=1S/C13H20Cl2N2O/c1-13(2,3)17-8-9(18)7-16-12-10(14)5-4-6-11(12)15/h4-6,9,16-18H,7-8H2,1-3H3. The van der Waals surface area contributed by atoms with Gasteiger partial charge in [-0.3, -0.25) is 0 Å². The van der Waals surface area contributed by atoms with Gasteiger partial charge in [-0.2, -0.15) is 0 Å². The fourth-order valence-corrected chi connectivity index (χ4v) is 1.91. The van der Waals surface area contributed by atoms with Crippen molar-refractivity contribution in [1.82, 2.24) is 5.32 Å². The molecule has 0 saturated heterocycles. The lowest BCUT2D eigenvalue weighted by atomic mass is 10.1. The van der Waals surface area contributed by atoms with Crippen molar-refractivity contribution in [3.63, 3.8) is 0 Å². The highest BCUT2D eigenvalue weighted by atomic mass is 35.5. The Hall–Kier alpha value is -0.480. The molecule has 0 aliphatic rings. The van der Waals surface area contributed by atoms with Gasteiger partial charge in [0.15, 0.2) is 0 Å². The maximum atomic E-state index is 9.84. The summed E-state index contributed by atoms with van der Waals surface area (Å²) in [7, 11) is 0. The fraction of sp³-hybridized carbons (Fsp3) is 0.538. The quantitative estimate of drug-likeness (QED) is 0.781. The van der Waals surface area contributed by atoms with E-state index in [0.29, 0.717) is 28.8 Å². The second kappa shape index (κ2) is 6.62. The number of hydrogen-bond acceptors (Lipinski definition) is 3. The highest BCUT2D eigenvalue weighted by Gasteiger charge is 2.13. The normalized spacial score (nSPS) is 13.4. The third kappa shape index (κ3) is 5.44. The number of rotatable bonds is 5. The number of β-amino-alcohol motifs (C(OH)–C–C–N with tert-alkyl or cyclic N) is 1. The molecule has 1 unspecified atom stereocenters. The number of benzene rings is 1. The van der Waals surface area contributed by atoms with Gasteiger partial charge in [-0.25, -0.2) is 0 Å². The molecule has 3 nitrogen and oxygen atoms in total. The molecule has 1 atom stereocenters. The average molecular weight is 291 g/mol. The number of nitrogens with one attached hydrogen (secondary N) is 2. The van der Waals surface area contributed by atoms with Crippen molar-refractivity contribution < 1.29 is 5.11 Å². The molecule has 0 spiro atoms. The van der Waals surface area contributed by atoms with Gasteiger partial charge in [0.25, 0.3) is 0 Å². The topological polar surface area (TPSA) is 44.3 Å². The summed E-state index contributed by atoms with van der Waals surface area (Å²) in [5, 5.41) is 17.2. The van der Waals surface area contributed by atoms with Crippen molar-refractivity contribution in [3.05, 3.63) is 28.2 Å². The third-order valence-electron chi connectivity index (χ3n) is 2.35. The monoisotopic (exact) mass is 290 g/mol. The van der Waals surface area contributed by atoms with Crippen LogP contribution in [0.5, 0.6) is 0 Å². The van der Waals surface area contributed by atoms with Crippen LogP contribution in [0.15, 0.2) is 18.2 Å². The molecule has 5 heteroatoms. The fourth-order valence-electron chi connectivity index (χ4n) is 1.38. The van der Waals surface area contributed by atoms with Crippen LogP contribution in [0.1, 0.15) is 20.8 Å². The van der Waals surface area contributed by atoms with Gasteiger partial charge >= 0.3 is 0 Å². The minimum atomic E-state index is -0.503. The summed E-state index contributed by atoms with van der Waals surface area (Å²) in [6.07, 6.45) is -0.503. The molecule has 0 fully saturated rings. The summed E-state index contributed by atoms with van der Waals surface area (Å²) in [4.78, 5) is 0. The Morgan fingerprint density at radius 1 is 1.17 bits per heavy atom. The van der Waals surface area contributed by atoms with E-state index in [-0.39, 0.29) is 5.54 Å². The van der Waals surface area contributed by atoms with Crippen LogP contribution in [0, 0.1) is 0 Å². The molecule has 1 aromatic rings. The molecule has 0 aliphatic heterocycles. The van der Waals surface area contributed by atoms with Gasteiger partial charge in [-0.1, -0.05) is 29.3 Å². The molecule has 0 amide bonds. The van der Waals surface area contributed by atoms with Gasteiger partial charge in [0.2, 0.25) is 0 Å². The Kier molecular flexibility index (Phi) is 5.73. The lowest BCUT2D eigenvalue weighted by Crippen LogP contribution is -2.42. The Balaban J connectivity index is 2.45. The van der Waals surface area contributed by atoms with Crippen molar-refractivity contribution in [3.8, 4) is 0 Å². The molecule has 3 N–H and O–H groups in total. The van der Waals surface area contributed by atoms with Gasteiger partial charge in [-0.15, -0.1) is 0 Å². The Morgan fingerprint density at radius 2 is 1.72 bits per heavy atom. The SMILES string of the molecule is CC(C)(C)NCC(O)CNc1c(Cl)cccc1Cl. The van der Waals surface area contributed by atoms with Crippen LogP contribution in [0.3, 0.4) is 0 Å². The number of aliphatic hydroxyl groups excluding tert-OH is 1. The number of halogens is 2. The smallest absolute Gasteiger partial charge is 0.0836 e. The molecule has 0 aromatic heterocycles. The Morgan fingerprint density at radius 3 is 2.22 bits per heavy atom. The van der Waals surface area contributed by atoms with Crippen LogP contribution >= 0.6 is 23.2 Å².